The molecule has 1 saturated heterocycles. The number of fused-ring (bicyclic) bond motifs is 1. The smallest absolute Gasteiger partial charge is 0.237 e. The van der Waals surface area contributed by atoms with Crippen molar-refractivity contribution in [3.8, 4) is 0 Å². The molecule has 2 aromatic rings. The molecule has 5 nitrogen and oxygen atoms in total. The number of rotatable bonds is 4. The number of amides is 1. The minimum Gasteiger partial charge on any atom is -0.354 e. The van der Waals surface area contributed by atoms with Crippen LogP contribution in [0.2, 0.25) is 0 Å². The van der Waals surface area contributed by atoms with E-state index in [-0.39, 0.29) is 42.6 Å². The summed E-state index contributed by atoms with van der Waals surface area (Å²) in [4.78, 5) is 19.4. The first kappa shape index (κ1) is 19.7. The van der Waals surface area contributed by atoms with Gasteiger partial charge in [0, 0.05) is 13.0 Å². The Hall–Kier alpha value is -1.37. The molecular weight excluding hydrogens is 342 g/mol. The highest BCUT2D eigenvalue weighted by atomic mass is 35.5. The van der Waals surface area contributed by atoms with Crippen LogP contribution in [-0.2, 0) is 11.2 Å². The Morgan fingerprint density at radius 1 is 1.35 bits per heavy atom. The van der Waals surface area contributed by atoms with Crippen LogP contribution >= 0.6 is 24.8 Å². The van der Waals surface area contributed by atoms with Crippen molar-refractivity contribution in [3.05, 3.63) is 29.8 Å². The zero-order valence-corrected chi connectivity index (χ0v) is 14.2. The summed E-state index contributed by atoms with van der Waals surface area (Å²) < 4.78 is 13.1. The van der Waals surface area contributed by atoms with E-state index in [4.69, 9.17) is 0 Å². The average molecular weight is 363 g/mol. The molecule has 2 heterocycles. The van der Waals surface area contributed by atoms with Crippen molar-refractivity contribution in [1.82, 2.24) is 20.6 Å². The summed E-state index contributed by atoms with van der Waals surface area (Å²) in [6.45, 7) is 1.44. The van der Waals surface area contributed by atoms with Gasteiger partial charge in [0.25, 0.3) is 0 Å². The number of hydrogen-bond acceptors (Lipinski definition) is 3. The molecule has 0 bridgehead atoms. The fourth-order valence-electron chi connectivity index (χ4n) is 2.66. The summed E-state index contributed by atoms with van der Waals surface area (Å²) >= 11 is 0. The van der Waals surface area contributed by atoms with Gasteiger partial charge in [-0.15, -0.1) is 24.8 Å². The first-order chi connectivity index (χ1) is 10.2. The molecule has 1 atom stereocenters. The first-order valence-corrected chi connectivity index (χ1v) is 7.37. The number of benzene rings is 1. The molecule has 1 aliphatic rings. The van der Waals surface area contributed by atoms with Crippen molar-refractivity contribution < 1.29 is 9.18 Å². The number of carbonyl (C=O) groups is 1. The lowest BCUT2D eigenvalue weighted by atomic mass is 10.0. The van der Waals surface area contributed by atoms with Crippen molar-refractivity contribution in [3.63, 3.8) is 0 Å². The Kier molecular flexibility index (Phi) is 7.75. The van der Waals surface area contributed by atoms with Gasteiger partial charge in [-0.2, -0.15) is 0 Å². The zero-order chi connectivity index (χ0) is 14.7. The Labute approximate surface area is 146 Å². The van der Waals surface area contributed by atoms with E-state index in [2.05, 4.69) is 20.6 Å². The van der Waals surface area contributed by atoms with Gasteiger partial charge in [0.2, 0.25) is 5.91 Å². The van der Waals surface area contributed by atoms with E-state index in [1.54, 1.807) is 6.07 Å². The second-order valence-electron chi connectivity index (χ2n) is 5.39. The van der Waals surface area contributed by atoms with E-state index < -0.39 is 0 Å². The average Bonchev–Trinajstić information content (AvgIpc) is 2.89. The maximum Gasteiger partial charge on any atom is 0.237 e. The number of nitrogens with zero attached hydrogens (tertiary/aromatic N) is 1. The highest BCUT2D eigenvalue weighted by Gasteiger charge is 2.19. The van der Waals surface area contributed by atoms with Crippen LogP contribution in [0.15, 0.2) is 18.2 Å². The van der Waals surface area contributed by atoms with Crippen LogP contribution in [0.4, 0.5) is 4.39 Å². The lowest BCUT2D eigenvalue weighted by molar-refractivity contribution is -0.123. The van der Waals surface area contributed by atoms with Crippen LogP contribution in [0.3, 0.4) is 0 Å². The molecule has 3 rings (SSSR count). The van der Waals surface area contributed by atoms with Crippen molar-refractivity contribution >= 4 is 41.8 Å². The number of hydrogen-bond donors (Lipinski definition) is 3. The Morgan fingerprint density at radius 2 is 2.17 bits per heavy atom. The zero-order valence-electron chi connectivity index (χ0n) is 12.6. The molecule has 1 aromatic carbocycles. The third kappa shape index (κ3) is 5.06. The predicted octanol–water partition coefficient (Wildman–Crippen LogP) is 2.35. The Morgan fingerprint density at radius 3 is 2.91 bits per heavy atom. The molecule has 0 unspecified atom stereocenters. The maximum atomic E-state index is 13.1. The lowest BCUT2D eigenvalue weighted by Gasteiger charge is -2.22. The number of H-pyrrole nitrogens is 1. The molecule has 1 aliphatic heterocycles. The van der Waals surface area contributed by atoms with Gasteiger partial charge >= 0.3 is 0 Å². The summed E-state index contributed by atoms with van der Waals surface area (Å²) in [7, 11) is 0. The molecule has 128 valence electrons. The van der Waals surface area contributed by atoms with Crippen LogP contribution < -0.4 is 10.6 Å². The number of piperidine rings is 1. The topological polar surface area (TPSA) is 69.8 Å². The second kappa shape index (κ2) is 9.05. The van der Waals surface area contributed by atoms with Gasteiger partial charge in [-0.25, -0.2) is 9.37 Å². The van der Waals surface area contributed by atoms with Gasteiger partial charge < -0.3 is 15.6 Å². The van der Waals surface area contributed by atoms with Crippen LogP contribution in [0, 0.1) is 5.82 Å². The van der Waals surface area contributed by atoms with Crippen molar-refractivity contribution in [2.75, 3.05) is 13.1 Å². The van der Waals surface area contributed by atoms with E-state index in [0.29, 0.717) is 18.5 Å². The summed E-state index contributed by atoms with van der Waals surface area (Å²) in [5, 5.41) is 6.14. The highest BCUT2D eigenvalue weighted by molar-refractivity contribution is 5.85. The molecule has 1 aromatic heterocycles. The summed E-state index contributed by atoms with van der Waals surface area (Å²) in [5.41, 5.74) is 1.43. The lowest BCUT2D eigenvalue weighted by Crippen LogP contribution is -2.47. The normalized spacial score (nSPS) is 17.2. The minimum atomic E-state index is -0.283. The van der Waals surface area contributed by atoms with E-state index >= 15 is 0 Å². The second-order valence-corrected chi connectivity index (χ2v) is 5.39. The van der Waals surface area contributed by atoms with Gasteiger partial charge in [-0.1, -0.05) is 6.42 Å². The molecule has 0 spiro atoms. The number of aromatic amines is 1. The van der Waals surface area contributed by atoms with Gasteiger partial charge in [0.15, 0.2) is 0 Å². The number of aromatic nitrogens is 2. The predicted molar refractivity (Wildman–Crippen MR) is 92.9 cm³/mol. The Bertz CT molecular complexity index is 643. The first-order valence-electron chi connectivity index (χ1n) is 7.37. The summed E-state index contributed by atoms with van der Waals surface area (Å²) in [6.07, 6.45) is 3.74. The van der Waals surface area contributed by atoms with Crippen molar-refractivity contribution in [2.24, 2.45) is 0 Å². The third-order valence-corrected chi connectivity index (χ3v) is 3.78. The largest absolute Gasteiger partial charge is 0.354 e. The summed E-state index contributed by atoms with van der Waals surface area (Å²) in [6, 6.07) is 4.40. The van der Waals surface area contributed by atoms with Gasteiger partial charge in [0.05, 0.1) is 17.1 Å². The van der Waals surface area contributed by atoms with E-state index in [0.717, 1.165) is 37.1 Å². The quantitative estimate of drug-likeness (QED) is 0.781. The number of carbonyl (C=O) groups excluding carboxylic acids is 1. The fourth-order valence-corrected chi connectivity index (χ4v) is 2.66. The molecule has 0 aliphatic carbocycles. The maximum absolute atomic E-state index is 13.1. The molecule has 23 heavy (non-hydrogen) atoms. The molecule has 0 saturated carbocycles. The van der Waals surface area contributed by atoms with E-state index in [1.807, 2.05) is 0 Å². The van der Waals surface area contributed by atoms with Gasteiger partial charge in [0.1, 0.15) is 11.6 Å². The molecule has 1 amide bonds. The molecular formula is C15H21Cl2FN4O. The van der Waals surface area contributed by atoms with Crippen molar-refractivity contribution in [2.45, 2.75) is 31.7 Å². The summed E-state index contributed by atoms with van der Waals surface area (Å²) in [5.74, 6) is 0.527. The molecule has 8 heteroatoms. The highest BCUT2D eigenvalue weighted by Crippen LogP contribution is 2.13. The van der Waals surface area contributed by atoms with Crippen LogP contribution in [0.25, 0.3) is 11.0 Å². The van der Waals surface area contributed by atoms with Gasteiger partial charge in [-0.3, -0.25) is 4.79 Å². The SMILES string of the molecule is Cl.Cl.O=C(NCCc1nc2ccc(F)cc2[nH]1)[C@H]1CCCCN1. The monoisotopic (exact) mass is 362 g/mol. The molecule has 1 fully saturated rings. The van der Waals surface area contributed by atoms with Crippen LogP contribution in [0.1, 0.15) is 25.1 Å². The Balaban J connectivity index is 0.00000132. The van der Waals surface area contributed by atoms with Crippen LogP contribution in [-0.4, -0.2) is 35.0 Å². The van der Waals surface area contributed by atoms with E-state index in [9.17, 15) is 9.18 Å². The van der Waals surface area contributed by atoms with Crippen LogP contribution in [0.5, 0.6) is 0 Å². The minimum absolute atomic E-state index is 0. The molecule has 0 radical (unpaired) electrons. The number of nitrogens with one attached hydrogen (secondary N) is 3. The van der Waals surface area contributed by atoms with E-state index in [1.165, 1.54) is 12.1 Å². The third-order valence-electron chi connectivity index (χ3n) is 3.78. The number of halogens is 3. The number of imidazole rings is 1. The fraction of sp³-hybridized carbons (Fsp3) is 0.467. The van der Waals surface area contributed by atoms with Crippen molar-refractivity contribution in [1.29, 1.82) is 0 Å². The van der Waals surface area contributed by atoms with Gasteiger partial charge in [-0.05, 0) is 37.6 Å². The standard InChI is InChI=1S/C15H19FN4O.2ClH/c16-10-4-5-11-13(9-10)20-14(19-11)6-8-18-15(21)12-3-1-2-7-17-12;;/h4-5,9,12,17H,1-3,6-8H2,(H,18,21)(H,19,20);2*1H/t12-;;/m1../s1. The molecule has 3 N–H and O–H groups in total.